The van der Waals surface area contributed by atoms with Crippen LogP contribution in [0.4, 0.5) is 11.4 Å². The van der Waals surface area contributed by atoms with Gasteiger partial charge in [-0.05, 0) is 42.8 Å². The third kappa shape index (κ3) is 1.67. The van der Waals surface area contributed by atoms with Crippen molar-refractivity contribution in [2.75, 3.05) is 4.90 Å². The van der Waals surface area contributed by atoms with Gasteiger partial charge in [0, 0.05) is 16.5 Å². The van der Waals surface area contributed by atoms with E-state index in [-0.39, 0.29) is 5.91 Å². The Balaban J connectivity index is 1.94. The zero-order valence-electron chi connectivity index (χ0n) is 13.2. The third-order valence-electron chi connectivity index (χ3n) is 4.58. The molecule has 1 aromatic heterocycles. The lowest BCUT2D eigenvalue weighted by molar-refractivity contribution is 0.101. The van der Waals surface area contributed by atoms with E-state index in [0.717, 1.165) is 44.3 Å². The van der Waals surface area contributed by atoms with Gasteiger partial charge in [-0.2, -0.15) is 0 Å². The Morgan fingerprint density at radius 1 is 0.875 bits per heavy atom. The van der Waals surface area contributed by atoms with Crippen molar-refractivity contribution >= 4 is 39.1 Å². The highest BCUT2D eigenvalue weighted by molar-refractivity contribution is 6.32. The molecule has 0 saturated heterocycles. The van der Waals surface area contributed by atoms with Gasteiger partial charge in [0.2, 0.25) is 0 Å². The molecule has 0 radical (unpaired) electrons. The number of hydrogen-bond acceptors (Lipinski definition) is 2. The minimum Gasteiger partial charge on any atom is -0.276 e. The normalized spacial score (nSPS) is 13.2. The summed E-state index contributed by atoms with van der Waals surface area (Å²) in [5.41, 5.74) is 5.41. The van der Waals surface area contributed by atoms with E-state index >= 15 is 0 Å². The highest BCUT2D eigenvalue weighted by Gasteiger charge is 2.33. The molecule has 3 heteroatoms. The number of pyridine rings is 1. The number of benzene rings is 3. The van der Waals surface area contributed by atoms with Crippen molar-refractivity contribution < 1.29 is 4.79 Å². The minimum absolute atomic E-state index is 0.0189. The molecule has 0 unspecified atom stereocenters. The second-order valence-electron chi connectivity index (χ2n) is 6.16. The van der Waals surface area contributed by atoms with Crippen LogP contribution in [-0.4, -0.2) is 10.9 Å². The van der Waals surface area contributed by atoms with Crippen molar-refractivity contribution in [3.63, 3.8) is 0 Å². The maximum Gasteiger partial charge on any atom is 0.264 e. The predicted octanol–water partition coefficient (Wildman–Crippen LogP) is 4.99. The van der Waals surface area contributed by atoms with Crippen molar-refractivity contribution in [2.24, 2.45) is 0 Å². The predicted molar refractivity (Wildman–Crippen MR) is 96.9 cm³/mol. The fourth-order valence-corrected chi connectivity index (χ4v) is 3.59. The Labute approximate surface area is 139 Å². The summed E-state index contributed by atoms with van der Waals surface area (Å²) >= 11 is 0. The van der Waals surface area contributed by atoms with Gasteiger partial charge in [0.1, 0.15) is 0 Å². The van der Waals surface area contributed by atoms with Crippen LogP contribution >= 0.6 is 0 Å². The first-order valence-electron chi connectivity index (χ1n) is 7.96. The number of fused-ring (bicyclic) bond motifs is 2. The van der Waals surface area contributed by atoms with E-state index in [2.05, 4.69) is 12.1 Å². The van der Waals surface area contributed by atoms with E-state index in [1.54, 1.807) is 4.90 Å². The Morgan fingerprint density at radius 3 is 2.46 bits per heavy atom. The smallest absolute Gasteiger partial charge is 0.264 e. The molecule has 24 heavy (non-hydrogen) atoms. The van der Waals surface area contributed by atoms with E-state index in [1.165, 1.54) is 0 Å². The van der Waals surface area contributed by atoms with Gasteiger partial charge in [-0.25, -0.2) is 4.98 Å². The van der Waals surface area contributed by atoms with Crippen LogP contribution in [0, 0.1) is 6.92 Å². The van der Waals surface area contributed by atoms with Crippen molar-refractivity contribution in [2.45, 2.75) is 6.92 Å². The van der Waals surface area contributed by atoms with Crippen LogP contribution in [0.3, 0.4) is 0 Å². The van der Waals surface area contributed by atoms with Gasteiger partial charge in [-0.3, -0.25) is 9.69 Å². The molecular weight excluding hydrogens is 296 g/mol. The Bertz CT molecular complexity index is 1130. The van der Waals surface area contributed by atoms with Gasteiger partial charge in [0.05, 0.1) is 22.3 Å². The number of nitrogens with zero attached hydrogens (tertiary/aromatic N) is 2. The molecule has 0 atom stereocenters. The number of aromatic nitrogens is 1. The van der Waals surface area contributed by atoms with E-state index in [4.69, 9.17) is 4.98 Å². The van der Waals surface area contributed by atoms with Crippen LogP contribution in [0.2, 0.25) is 0 Å². The summed E-state index contributed by atoms with van der Waals surface area (Å²) in [5, 5.41) is 1.87. The van der Waals surface area contributed by atoms with Gasteiger partial charge in [-0.15, -0.1) is 0 Å². The molecule has 3 aromatic carbocycles. The SMILES string of the molecule is Cc1cc2c3c(c4ccccc4nc3c1)C(=O)N2c1ccccc1. The van der Waals surface area contributed by atoms with Crippen LogP contribution in [0.5, 0.6) is 0 Å². The van der Waals surface area contributed by atoms with Crippen molar-refractivity contribution in [3.8, 4) is 0 Å². The maximum atomic E-state index is 13.3. The number of hydrogen-bond donors (Lipinski definition) is 0. The van der Waals surface area contributed by atoms with Crippen molar-refractivity contribution in [1.29, 1.82) is 0 Å². The molecule has 0 bridgehead atoms. The summed E-state index contributed by atoms with van der Waals surface area (Å²) in [7, 11) is 0. The molecule has 1 amide bonds. The molecule has 0 spiro atoms. The van der Waals surface area contributed by atoms with Crippen LogP contribution < -0.4 is 4.90 Å². The number of para-hydroxylation sites is 2. The monoisotopic (exact) mass is 310 g/mol. The second kappa shape index (κ2) is 4.65. The summed E-state index contributed by atoms with van der Waals surface area (Å²) in [5.74, 6) is 0.0189. The molecular formula is C21H14N2O. The zero-order valence-corrected chi connectivity index (χ0v) is 13.2. The summed E-state index contributed by atoms with van der Waals surface area (Å²) in [6, 6.07) is 21.8. The molecule has 5 rings (SSSR count). The highest BCUT2D eigenvalue weighted by atomic mass is 16.2. The van der Waals surface area contributed by atoms with Gasteiger partial charge in [0.15, 0.2) is 0 Å². The number of rotatable bonds is 1. The molecule has 3 nitrogen and oxygen atoms in total. The largest absolute Gasteiger partial charge is 0.276 e. The van der Waals surface area contributed by atoms with E-state index in [1.807, 2.05) is 61.5 Å². The van der Waals surface area contributed by atoms with Crippen molar-refractivity contribution in [1.82, 2.24) is 4.98 Å². The third-order valence-corrected chi connectivity index (χ3v) is 4.58. The molecule has 0 aliphatic carbocycles. The fourth-order valence-electron chi connectivity index (χ4n) is 3.59. The zero-order chi connectivity index (χ0) is 16.3. The van der Waals surface area contributed by atoms with Gasteiger partial charge in [-0.1, -0.05) is 36.4 Å². The molecule has 0 fully saturated rings. The first-order valence-corrected chi connectivity index (χ1v) is 7.96. The summed E-state index contributed by atoms with van der Waals surface area (Å²) in [6.07, 6.45) is 0. The first kappa shape index (κ1) is 13.3. The Kier molecular flexibility index (Phi) is 2.57. The average Bonchev–Trinajstić information content (AvgIpc) is 2.89. The standard InChI is InChI=1S/C21H14N2O/c1-13-11-17-20-18(12-13)23(14-7-3-2-4-8-14)21(24)19(20)15-9-5-6-10-16(15)22-17/h2-12H,1H3. The number of carbonyl (C=O) groups is 1. The number of carbonyl (C=O) groups excluding carboxylic acids is 1. The molecule has 0 saturated carbocycles. The maximum absolute atomic E-state index is 13.3. The molecule has 1 aliphatic heterocycles. The Morgan fingerprint density at radius 2 is 1.62 bits per heavy atom. The van der Waals surface area contributed by atoms with Crippen LogP contribution in [0.15, 0.2) is 66.7 Å². The summed E-state index contributed by atoms with van der Waals surface area (Å²) in [6.45, 7) is 2.04. The molecule has 0 N–H and O–H groups in total. The second-order valence-corrected chi connectivity index (χ2v) is 6.16. The summed E-state index contributed by atoms with van der Waals surface area (Å²) < 4.78 is 0. The van der Waals surface area contributed by atoms with E-state index in [0.29, 0.717) is 0 Å². The highest BCUT2D eigenvalue weighted by Crippen LogP contribution is 2.44. The lowest BCUT2D eigenvalue weighted by atomic mass is 10.0. The van der Waals surface area contributed by atoms with Gasteiger partial charge >= 0.3 is 0 Å². The van der Waals surface area contributed by atoms with E-state index in [9.17, 15) is 4.79 Å². The van der Waals surface area contributed by atoms with Crippen LogP contribution in [-0.2, 0) is 0 Å². The lowest BCUT2D eigenvalue weighted by Crippen LogP contribution is -2.20. The van der Waals surface area contributed by atoms with Gasteiger partial charge < -0.3 is 0 Å². The molecule has 1 aliphatic rings. The molecule has 114 valence electrons. The number of anilines is 2. The average molecular weight is 310 g/mol. The fraction of sp³-hybridized carbons (Fsp3) is 0.0476. The quantitative estimate of drug-likeness (QED) is 0.464. The Hall–Kier alpha value is -3.20. The lowest BCUT2D eigenvalue weighted by Gasteiger charge is -2.18. The summed E-state index contributed by atoms with van der Waals surface area (Å²) in [4.78, 5) is 19.9. The van der Waals surface area contributed by atoms with Crippen LogP contribution in [0.1, 0.15) is 15.9 Å². The number of amides is 1. The minimum atomic E-state index is 0.0189. The van der Waals surface area contributed by atoms with Crippen LogP contribution in [0.25, 0.3) is 21.8 Å². The number of aryl methyl sites for hydroxylation is 1. The van der Waals surface area contributed by atoms with Gasteiger partial charge in [0.25, 0.3) is 5.91 Å². The molecule has 4 aromatic rings. The van der Waals surface area contributed by atoms with Crippen molar-refractivity contribution in [3.05, 3.63) is 77.9 Å². The van der Waals surface area contributed by atoms with E-state index < -0.39 is 0 Å². The molecule has 2 heterocycles. The topological polar surface area (TPSA) is 33.2 Å². The first-order chi connectivity index (χ1) is 11.7.